The summed E-state index contributed by atoms with van der Waals surface area (Å²) < 4.78 is 15.7. The Morgan fingerprint density at radius 2 is 0.889 bits per heavy atom. The molecule has 0 heterocycles. The Morgan fingerprint density at radius 3 is 1.08 bits per heavy atom. The summed E-state index contributed by atoms with van der Waals surface area (Å²) in [5, 5.41) is 0. The molecule has 0 aliphatic rings. The zero-order valence-electron chi connectivity index (χ0n) is 26.4. The van der Waals surface area contributed by atoms with Crippen LogP contribution in [-0.4, -0.2) is 75.4 Å². The van der Waals surface area contributed by atoms with Crippen LogP contribution in [0, 0.1) is 5.92 Å². The number of nitrogens with zero attached hydrogens (tertiary/aromatic N) is 1. The second-order valence-electron chi connectivity index (χ2n) is 12.2. The van der Waals surface area contributed by atoms with Gasteiger partial charge in [0.05, 0.1) is 0 Å². The first kappa shape index (κ1) is 37.0. The van der Waals surface area contributed by atoms with E-state index in [2.05, 4.69) is 60.5 Å². The predicted octanol–water partition coefficient (Wildman–Crippen LogP) is 9.94. The topological polar surface area (TPSA) is 29.5 Å². The molecule has 0 saturated heterocycles. The van der Waals surface area contributed by atoms with E-state index in [9.17, 15) is 4.79 Å². The molecule has 1 atom stereocenters. The fraction of sp³-hybridized carbons (Fsp3) is 0.968. The van der Waals surface area contributed by atoms with E-state index in [4.69, 9.17) is 4.74 Å². The van der Waals surface area contributed by atoms with Gasteiger partial charge in [0.25, 0.3) is 0 Å². The molecule has 0 saturated carbocycles. The van der Waals surface area contributed by atoms with Crippen molar-refractivity contribution in [1.82, 2.24) is 4.90 Å². The maximum atomic E-state index is 13.8. The Morgan fingerprint density at radius 1 is 0.611 bits per heavy atom. The molecule has 0 aromatic carbocycles. The molecule has 3 nitrogen and oxygen atoms in total. The van der Waals surface area contributed by atoms with Gasteiger partial charge in [0.2, 0.25) is 0 Å². The molecule has 0 rings (SSSR count). The standard InChI is InChI=1S/C7H13NO2.6C4H9.2Sn/c1-6(5-8(2)3)7(9)10-4;6*1-3-4-2;;/h1,6H,5H2,2-4H3;6*1,3-4H2,2H3;;. The number of hydrogen-bond acceptors (Lipinski definition) is 3. The fourth-order valence-corrected chi connectivity index (χ4v) is 86.3. The van der Waals surface area contributed by atoms with Crippen molar-refractivity contribution >= 4 is 42.7 Å². The van der Waals surface area contributed by atoms with Gasteiger partial charge in [-0.2, -0.15) is 0 Å². The molecule has 216 valence electrons. The molecular formula is C31H67NO2Sn2. The molecular weight excluding hydrogens is 656 g/mol. The molecule has 1 unspecified atom stereocenters. The van der Waals surface area contributed by atoms with Crippen LogP contribution in [0.4, 0.5) is 0 Å². The second kappa shape index (κ2) is 21.8. The third-order valence-electron chi connectivity index (χ3n) is 8.96. The molecule has 0 bridgehead atoms. The van der Waals surface area contributed by atoms with Crippen molar-refractivity contribution in [3.63, 3.8) is 0 Å². The van der Waals surface area contributed by atoms with Gasteiger partial charge in [0, 0.05) is 0 Å². The van der Waals surface area contributed by atoms with Crippen LogP contribution in [0.25, 0.3) is 0 Å². The summed E-state index contributed by atoms with van der Waals surface area (Å²) in [6, 6.07) is 0. The number of unbranched alkanes of at least 4 members (excludes halogenated alkanes) is 6. The van der Waals surface area contributed by atoms with Gasteiger partial charge >= 0.3 is 238 Å². The van der Waals surface area contributed by atoms with Gasteiger partial charge < -0.3 is 0 Å². The van der Waals surface area contributed by atoms with Crippen LogP contribution in [0.3, 0.4) is 0 Å². The molecule has 0 aromatic heterocycles. The average molecular weight is 723 g/mol. The van der Waals surface area contributed by atoms with Crippen molar-refractivity contribution < 1.29 is 9.53 Å². The van der Waals surface area contributed by atoms with Gasteiger partial charge in [-0.3, -0.25) is 0 Å². The van der Waals surface area contributed by atoms with Gasteiger partial charge in [0.1, 0.15) is 0 Å². The Hall–Kier alpha value is 1.03. The summed E-state index contributed by atoms with van der Waals surface area (Å²) in [6.45, 7) is 15.3. The van der Waals surface area contributed by atoms with E-state index >= 15 is 0 Å². The number of ether oxygens (including phenoxy) is 1. The van der Waals surface area contributed by atoms with Crippen LogP contribution >= 0.6 is 0 Å². The van der Waals surface area contributed by atoms with E-state index in [1.54, 1.807) is 7.11 Å². The molecule has 0 aliphatic heterocycles. The molecule has 0 amide bonds. The third-order valence-corrected chi connectivity index (χ3v) is 65.3. The van der Waals surface area contributed by atoms with Crippen LogP contribution in [0.15, 0.2) is 0 Å². The van der Waals surface area contributed by atoms with Gasteiger partial charge in [-0.25, -0.2) is 0 Å². The van der Waals surface area contributed by atoms with E-state index in [0.717, 1.165) is 8.49 Å². The zero-order chi connectivity index (χ0) is 27.5. The minimum absolute atomic E-state index is 0.132. The summed E-state index contributed by atoms with van der Waals surface area (Å²) in [5.74, 6) is 0.276. The summed E-state index contributed by atoms with van der Waals surface area (Å²) in [4.78, 5) is 16.2. The number of hydrogen-bond donors (Lipinski definition) is 0. The van der Waals surface area contributed by atoms with Gasteiger partial charge in [-0.1, -0.05) is 0 Å². The molecule has 0 radical (unpaired) electrons. The van der Waals surface area contributed by atoms with Crippen molar-refractivity contribution in [1.29, 1.82) is 0 Å². The fourth-order valence-electron chi connectivity index (χ4n) is 7.22. The van der Waals surface area contributed by atoms with Crippen LogP contribution in [-0.2, 0) is 9.53 Å². The van der Waals surface area contributed by atoms with Crippen LogP contribution in [0.1, 0.15) is 119 Å². The predicted molar refractivity (Wildman–Crippen MR) is 168 cm³/mol. The summed E-state index contributed by atoms with van der Waals surface area (Å²) in [7, 11) is 6.05. The Balaban J connectivity index is 7.35. The summed E-state index contributed by atoms with van der Waals surface area (Å²) in [6.07, 6.45) is 16.2. The van der Waals surface area contributed by atoms with Crippen LogP contribution in [0.5, 0.6) is 0 Å². The summed E-state index contributed by atoms with van der Waals surface area (Å²) >= 11 is -5.51. The maximum absolute atomic E-state index is 13.8. The van der Waals surface area contributed by atoms with E-state index in [0.29, 0.717) is 0 Å². The second-order valence-corrected chi connectivity index (χ2v) is 44.6. The van der Waals surface area contributed by atoms with Crippen molar-refractivity contribution in [2.75, 3.05) is 27.7 Å². The summed E-state index contributed by atoms with van der Waals surface area (Å²) in [5.41, 5.74) is 0. The number of carbonyl (C=O) groups excluding carboxylic acids is 1. The normalized spacial score (nSPS) is 13.5. The van der Waals surface area contributed by atoms with E-state index in [1.165, 1.54) is 104 Å². The minimum atomic E-state index is -2.75. The number of esters is 1. The van der Waals surface area contributed by atoms with E-state index in [-0.39, 0.29) is 11.9 Å². The SMILES string of the molecule is CCC[CH2][Sn]([CH2]CCC)([CH2]CCC)[CH](C(CN(C)C)C(=O)OC)[Sn]([CH2]CCC)([CH2]CCC)[CH2]CCC. The zero-order valence-corrected chi connectivity index (χ0v) is 32.1. The molecule has 0 fully saturated rings. The molecule has 0 spiro atoms. The van der Waals surface area contributed by atoms with Gasteiger partial charge in [-0.05, 0) is 0 Å². The van der Waals surface area contributed by atoms with Crippen LogP contribution < -0.4 is 0 Å². The van der Waals surface area contributed by atoms with Crippen molar-refractivity contribution in [3.05, 3.63) is 0 Å². The molecule has 36 heavy (non-hydrogen) atoms. The first-order valence-electron chi connectivity index (χ1n) is 16.0. The van der Waals surface area contributed by atoms with Gasteiger partial charge in [-0.15, -0.1) is 0 Å². The molecule has 0 aromatic rings. The first-order chi connectivity index (χ1) is 17.3. The van der Waals surface area contributed by atoms with Crippen LogP contribution in [0.2, 0.25) is 28.6 Å². The molecule has 0 N–H and O–H groups in total. The van der Waals surface area contributed by atoms with E-state index in [1.807, 2.05) is 0 Å². The average Bonchev–Trinajstić information content (AvgIpc) is 2.88. The first-order valence-corrected chi connectivity index (χ1v) is 31.4. The molecule has 5 heteroatoms. The third kappa shape index (κ3) is 12.5. The number of rotatable bonds is 24. The van der Waals surface area contributed by atoms with Crippen molar-refractivity contribution in [2.24, 2.45) is 5.92 Å². The number of methoxy groups -OCH3 is 1. The van der Waals surface area contributed by atoms with Crippen molar-refractivity contribution in [2.45, 2.75) is 147 Å². The Bertz CT molecular complexity index is 465. The Labute approximate surface area is 236 Å². The quantitative estimate of drug-likeness (QED) is 0.0734. The molecule has 0 aliphatic carbocycles. The van der Waals surface area contributed by atoms with Crippen molar-refractivity contribution in [3.8, 4) is 0 Å². The number of carbonyl (C=O) groups is 1. The monoisotopic (exact) mass is 725 g/mol. The van der Waals surface area contributed by atoms with E-state index < -0.39 is 36.8 Å². The Kier molecular flexibility index (Phi) is 22.4. The van der Waals surface area contributed by atoms with Gasteiger partial charge in [0.15, 0.2) is 0 Å².